The highest BCUT2D eigenvalue weighted by molar-refractivity contribution is 6.01. The molecule has 0 bridgehead atoms. The number of carbonyl (C=O) groups is 3. The fourth-order valence-electron chi connectivity index (χ4n) is 2.47. The molecule has 6 heteroatoms. The fourth-order valence-corrected chi connectivity index (χ4v) is 2.47. The van der Waals surface area contributed by atoms with Gasteiger partial charge in [-0.2, -0.15) is 0 Å². The maximum Gasteiger partial charge on any atom is 0.335 e. The number of hydrogen-bond acceptors (Lipinski definition) is 3. The third-order valence-electron chi connectivity index (χ3n) is 3.62. The molecule has 0 fully saturated rings. The molecule has 0 atom stereocenters. The molecule has 2 aromatic rings. The zero-order valence-electron chi connectivity index (χ0n) is 12.1. The van der Waals surface area contributed by atoms with Gasteiger partial charge in [0.2, 0.25) is 5.91 Å². The van der Waals surface area contributed by atoms with Crippen molar-refractivity contribution in [2.24, 2.45) is 0 Å². The Morgan fingerprint density at radius 1 is 1.13 bits per heavy atom. The van der Waals surface area contributed by atoms with Crippen molar-refractivity contribution in [1.29, 1.82) is 0 Å². The van der Waals surface area contributed by atoms with E-state index in [0.717, 1.165) is 11.3 Å². The van der Waals surface area contributed by atoms with Gasteiger partial charge in [-0.05, 0) is 41.5 Å². The number of amides is 2. The molecule has 0 aliphatic carbocycles. The van der Waals surface area contributed by atoms with Crippen molar-refractivity contribution in [3.05, 3.63) is 64.7 Å². The molecular weight excluding hydrogens is 296 g/mol. The number of anilines is 1. The van der Waals surface area contributed by atoms with Crippen molar-refractivity contribution in [3.63, 3.8) is 0 Å². The number of fused-ring (bicyclic) bond motifs is 1. The van der Waals surface area contributed by atoms with Gasteiger partial charge in [-0.25, -0.2) is 4.79 Å². The average Bonchev–Trinajstić information content (AvgIpc) is 2.91. The molecule has 0 unspecified atom stereocenters. The average molecular weight is 310 g/mol. The van der Waals surface area contributed by atoms with Crippen LogP contribution in [-0.2, 0) is 17.8 Å². The molecular formula is C17H14N2O4. The Kier molecular flexibility index (Phi) is 3.80. The molecule has 2 aromatic carbocycles. The maximum atomic E-state index is 12.2. The molecule has 1 aliphatic rings. The van der Waals surface area contributed by atoms with Crippen LogP contribution < -0.4 is 10.6 Å². The van der Waals surface area contributed by atoms with E-state index in [9.17, 15) is 14.4 Å². The van der Waals surface area contributed by atoms with Crippen molar-refractivity contribution in [2.75, 3.05) is 5.32 Å². The number of carboxylic acids is 1. The first kappa shape index (κ1) is 14.8. The third kappa shape index (κ3) is 3.21. The smallest absolute Gasteiger partial charge is 0.335 e. The van der Waals surface area contributed by atoms with Crippen LogP contribution in [0.15, 0.2) is 42.5 Å². The Bertz CT molecular complexity index is 814. The summed E-state index contributed by atoms with van der Waals surface area (Å²) in [6.45, 7) is 0.230. The quantitative estimate of drug-likeness (QED) is 0.802. The SMILES string of the molecule is O=C1Cc2cc(C(=O)NCc3cccc(C(=O)O)c3)ccc2N1. The largest absolute Gasteiger partial charge is 0.478 e. The van der Waals surface area contributed by atoms with Gasteiger partial charge in [0, 0.05) is 17.8 Å². The minimum atomic E-state index is -1.01. The number of carboxylic acid groups (broad SMARTS) is 1. The molecule has 23 heavy (non-hydrogen) atoms. The molecule has 1 heterocycles. The molecule has 0 radical (unpaired) electrons. The Morgan fingerprint density at radius 2 is 1.96 bits per heavy atom. The van der Waals surface area contributed by atoms with Crippen LogP contribution in [-0.4, -0.2) is 22.9 Å². The second-order valence-electron chi connectivity index (χ2n) is 5.29. The monoisotopic (exact) mass is 310 g/mol. The minimum Gasteiger partial charge on any atom is -0.478 e. The fraction of sp³-hybridized carbons (Fsp3) is 0.118. The second-order valence-corrected chi connectivity index (χ2v) is 5.29. The van der Waals surface area contributed by atoms with Gasteiger partial charge in [-0.15, -0.1) is 0 Å². The van der Waals surface area contributed by atoms with E-state index in [-0.39, 0.29) is 30.3 Å². The highest BCUT2D eigenvalue weighted by Gasteiger charge is 2.19. The van der Waals surface area contributed by atoms with E-state index in [2.05, 4.69) is 10.6 Å². The van der Waals surface area contributed by atoms with Crippen LogP contribution in [0.2, 0.25) is 0 Å². The first-order valence-electron chi connectivity index (χ1n) is 7.06. The molecule has 0 saturated heterocycles. The molecule has 6 nitrogen and oxygen atoms in total. The van der Waals surface area contributed by atoms with E-state index in [1.807, 2.05) is 0 Å². The normalized spacial score (nSPS) is 12.4. The van der Waals surface area contributed by atoms with Crippen LogP contribution in [0.3, 0.4) is 0 Å². The third-order valence-corrected chi connectivity index (χ3v) is 3.62. The molecule has 0 spiro atoms. The molecule has 1 aliphatic heterocycles. The van der Waals surface area contributed by atoms with Gasteiger partial charge in [0.05, 0.1) is 12.0 Å². The summed E-state index contributed by atoms with van der Waals surface area (Å²) in [6, 6.07) is 11.4. The Morgan fingerprint density at radius 3 is 2.74 bits per heavy atom. The molecule has 3 rings (SSSR count). The molecule has 0 saturated carbocycles. The summed E-state index contributed by atoms with van der Waals surface area (Å²) in [5, 5.41) is 14.4. The lowest BCUT2D eigenvalue weighted by Crippen LogP contribution is -2.23. The van der Waals surface area contributed by atoms with E-state index in [1.54, 1.807) is 30.3 Å². The van der Waals surface area contributed by atoms with Crippen molar-refractivity contribution in [1.82, 2.24) is 5.32 Å². The standard InChI is InChI=1S/C17H14N2O4/c20-15-8-13-7-11(4-5-14(13)19-15)16(21)18-9-10-2-1-3-12(6-10)17(22)23/h1-7H,8-9H2,(H,18,21)(H,19,20)(H,22,23). The van der Waals surface area contributed by atoms with Crippen LogP contribution in [0.25, 0.3) is 0 Å². The van der Waals surface area contributed by atoms with E-state index in [4.69, 9.17) is 5.11 Å². The highest BCUT2D eigenvalue weighted by Crippen LogP contribution is 2.23. The summed E-state index contributed by atoms with van der Waals surface area (Å²) in [4.78, 5) is 34.4. The Hall–Kier alpha value is -3.15. The van der Waals surface area contributed by atoms with Gasteiger partial charge in [-0.3, -0.25) is 9.59 Å². The Balaban J connectivity index is 1.68. The van der Waals surface area contributed by atoms with E-state index in [1.165, 1.54) is 12.1 Å². The van der Waals surface area contributed by atoms with Gasteiger partial charge in [0.1, 0.15) is 0 Å². The molecule has 3 N–H and O–H groups in total. The molecule has 2 amide bonds. The van der Waals surface area contributed by atoms with Crippen LogP contribution in [0.5, 0.6) is 0 Å². The van der Waals surface area contributed by atoms with Crippen LogP contribution in [0, 0.1) is 0 Å². The lowest BCUT2D eigenvalue weighted by atomic mass is 10.1. The highest BCUT2D eigenvalue weighted by atomic mass is 16.4. The van der Waals surface area contributed by atoms with Crippen molar-refractivity contribution < 1.29 is 19.5 Å². The number of benzene rings is 2. The van der Waals surface area contributed by atoms with Crippen LogP contribution >= 0.6 is 0 Å². The zero-order chi connectivity index (χ0) is 16.4. The number of carbonyl (C=O) groups excluding carboxylic acids is 2. The topological polar surface area (TPSA) is 95.5 Å². The van der Waals surface area contributed by atoms with Gasteiger partial charge in [0.15, 0.2) is 0 Å². The molecule has 116 valence electrons. The summed E-state index contributed by atoms with van der Waals surface area (Å²) in [7, 11) is 0. The Labute approximate surface area is 132 Å². The van der Waals surface area contributed by atoms with Gasteiger partial charge >= 0.3 is 5.97 Å². The summed E-state index contributed by atoms with van der Waals surface area (Å²) in [5.74, 6) is -1.36. The van der Waals surface area contributed by atoms with Crippen LogP contribution in [0.1, 0.15) is 31.8 Å². The predicted octanol–water partition coefficient (Wildman–Crippen LogP) is 1.81. The lowest BCUT2D eigenvalue weighted by Gasteiger charge is -2.07. The first-order valence-corrected chi connectivity index (χ1v) is 7.06. The summed E-state index contributed by atoms with van der Waals surface area (Å²) in [5.41, 5.74) is 2.89. The van der Waals surface area contributed by atoms with Gasteiger partial charge in [0.25, 0.3) is 5.91 Å². The van der Waals surface area contributed by atoms with Crippen molar-refractivity contribution in [3.8, 4) is 0 Å². The van der Waals surface area contributed by atoms with Crippen molar-refractivity contribution in [2.45, 2.75) is 13.0 Å². The number of nitrogens with one attached hydrogen (secondary N) is 2. The number of aromatic carboxylic acids is 1. The van der Waals surface area contributed by atoms with Crippen molar-refractivity contribution >= 4 is 23.5 Å². The van der Waals surface area contributed by atoms with E-state index in [0.29, 0.717) is 11.1 Å². The first-order chi connectivity index (χ1) is 11.0. The summed E-state index contributed by atoms with van der Waals surface area (Å²) < 4.78 is 0. The van der Waals surface area contributed by atoms with E-state index >= 15 is 0 Å². The number of hydrogen-bond donors (Lipinski definition) is 3. The predicted molar refractivity (Wildman–Crippen MR) is 83.3 cm³/mol. The van der Waals surface area contributed by atoms with E-state index < -0.39 is 5.97 Å². The van der Waals surface area contributed by atoms with Crippen LogP contribution in [0.4, 0.5) is 5.69 Å². The summed E-state index contributed by atoms with van der Waals surface area (Å²) >= 11 is 0. The maximum absolute atomic E-state index is 12.2. The molecule has 0 aromatic heterocycles. The lowest BCUT2D eigenvalue weighted by molar-refractivity contribution is -0.115. The van der Waals surface area contributed by atoms with Gasteiger partial charge in [-0.1, -0.05) is 12.1 Å². The minimum absolute atomic E-state index is 0.0805. The zero-order valence-corrected chi connectivity index (χ0v) is 12.1. The van der Waals surface area contributed by atoms with Gasteiger partial charge < -0.3 is 15.7 Å². The second kappa shape index (κ2) is 5.92. The summed E-state index contributed by atoms with van der Waals surface area (Å²) in [6.07, 6.45) is 0.275. The number of rotatable bonds is 4.